The molecule has 1 N–H and O–H groups in total. The second-order valence-electron chi connectivity index (χ2n) is 5.72. The van der Waals surface area contributed by atoms with Crippen LogP contribution in [0.25, 0.3) is 0 Å². The Bertz CT molecular complexity index is 400. The Morgan fingerprint density at radius 1 is 1.21 bits per heavy atom. The van der Waals surface area contributed by atoms with Gasteiger partial charge in [-0.3, -0.25) is 0 Å². The van der Waals surface area contributed by atoms with E-state index in [-0.39, 0.29) is 0 Å². The highest BCUT2D eigenvalue weighted by atomic mass is 16.5. The van der Waals surface area contributed by atoms with Crippen molar-refractivity contribution in [2.24, 2.45) is 5.92 Å². The van der Waals surface area contributed by atoms with E-state index < -0.39 is 0 Å². The monoisotopic (exact) mass is 261 g/mol. The summed E-state index contributed by atoms with van der Waals surface area (Å²) < 4.78 is 10.9. The number of ether oxygens (including phenoxy) is 2. The lowest BCUT2D eigenvalue weighted by Crippen LogP contribution is -2.44. The van der Waals surface area contributed by atoms with Crippen LogP contribution in [-0.2, 0) is 11.2 Å². The molecule has 3 rings (SSSR count). The molecular weight excluding hydrogens is 238 g/mol. The van der Waals surface area contributed by atoms with Crippen molar-refractivity contribution in [2.75, 3.05) is 20.3 Å². The number of hydrogen-bond acceptors (Lipinski definition) is 3. The van der Waals surface area contributed by atoms with Crippen LogP contribution in [0.3, 0.4) is 0 Å². The summed E-state index contributed by atoms with van der Waals surface area (Å²) in [6.07, 6.45) is 4.95. The number of benzene rings is 1. The molecule has 1 saturated heterocycles. The quantitative estimate of drug-likeness (QED) is 0.883. The van der Waals surface area contributed by atoms with Crippen molar-refractivity contribution in [3.05, 3.63) is 29.8 Å². The Kier molecular flexibility index (Phi) is 4.04. The largest absolute Gasteiger partial charge is 0.497 e. The van der Waals surface area contributed by atoms with Crippen molar-refractivity contribution < 1.29 is 9.47 Å². The molecule has 1 aliphatic heterocycles. The molecule has 0 bridgehead atoms. The molecule has 2 atom stereocenters. The van der Waals surface area contributed by atoms with Gasteiger partial charge < -0.3 is 14.8 Å². The predicted octanol–water partition coefficient (Wildman–Crippen LogP) is 2.39. The van der Waals surface area contributed by atoms with Crippen molar-refractivity contribution in [3.8, 4) is 5.75 Å². The maximum atomic E-state index is 5.67. The molecule has 2 aliphatic rings. The molecule has 0 aromatic heterocycles. The average Bonchev–Trinajstić information content (AvgIpc) is 3.26. The van der Waals surface area contributed by atoms with Gasteiger partial charge >= 0.3 is 0 Å². The predicted molar refractivity (Wildman–Crippen MR) is 75.6 cm³/mol. The van der Waals surface area contributed by atoms with Gasteiger partial charge in [0.2, 0.25) is 0 Å². The molecule has 3 heteroatoms. The molecule has 3 nitrogen and oxygen atoms in total. The van der Waals surface area contributed by atoms with E-state index in [1.54, 1.807) is 7.11 Å². The van der Waals surface area contributed by atoms with E-state index in [1.165, 1.54) is 18.4 Å². The van der Waals surface area contributed by atoms with Gasteiger partial charge in [0.15, 0.2) is 0 Å². The molecule has 104 valence electrons. The van der Waals surface area contributed by atoms with Crippen LogP contribution in [0.4, 0.5) is 0 Å². The summed E-state index contributed by atoms with van der Waals surface area (Å²) in [4.78, 5) is 0. The first-order chi connectivity index (χ1) is 9.35. The van der Waals surface area contributed by atoms with Crippen LogP contribution < -0.4 is 10.1 Å². The van der Waals surface area contributed by atoms with Gasteiger partial charge in [-0.25, -0.2) is 0 Å². The summed E-state index contributed by atoms with van der Waals surface area (Å²) >= 11 is 0. The number of nitrogens with one attached hydrogen (secondary N) is 1. The fourth-order valence-corrected chi connectivity index (χ4v) is 2.83. The van der Waals surface area contributed by atoms with Gasteiger partial charge in [0.05, 0.1) is 13.7 Å². The van der Waals surface area contributed by atoms with Crippen LogP contribution in [0.2, 0.25) is 0 Å². The summed E-state index contributed by atoms with van der Waals surface area (Å²) in [6.45, 7) is 1.79. The maximum Gasteiger partial charge on any atom is 0.118 e. The normalized spacial score (nSPS) is 27.2. The van der Waals surface area contributed by atoms with Gasteiger partial charge in [-0.05, 0) is 43.4 Å². The van der Waals surface area contributed by atoms with Gasteiger partial charge in [0.25, 0.3) is 0 Å². The molecule has 19 heavy (non-hydrogen) atoms. The average molecular weight is 261 g/mol. The van der Waals surface area contributed by atoms with Crippen LogP contribution in [0.5, 0.6) is 5.75 Å². The van der Waals surface area contributed by atoms with Gasteiger partial charge in [-0.1, -0.05) is 12.1 Å². The van der Waals surface area contributed by atoms with E-state index in [4.69, 9.17) is 9.47 Å². The SMILES string of the molecule is COc1ccc(C[C@H]2COCC[C@@H]2NC2CC2)cc1. The lowest BCUT2D eigenvalue weighted by molar-refractivity contribution is 0.0316. The van der Waals surface area contributed by atoms with Gasteiger partial charge in [0.1, 0.15) is 5.75 Å². The third kappa shape index (κ3) is 3.48. The Hall–Kier alpha value is -1.06. The number of hydrogen-bond donors (Lipinski definition) is 1. The fourth-order valence-electron chi connectivity index (χ4n) is 2.83. The number of rotatable bonds is 5. The summed E-state index contributed by atoms with van der Waals surface area (Å²) in [5, 5.41) is 3.78. The zero-order valence-electron chi connectivity index (χ0n) is 11.6. The minimum atomic E-state index is 0.600. The van der Waals surface area contributed by atoms with Crippen LogP contribution in [-0.4, -0.2) is 32.4 Å². The molecule has 1 saturated carbocycles. The van der Waals surface area contributed by atoms with Crippen molar-refractivity contribution in [3.63, 3.8) is 0 Å². The third-order valence-corrected chi connectivity index (χ3v) is 4.16. The maximum absolute atomic E-state index is 5.67. The zero-order valence-corrected chi connectivity index (χ0v) is 11.6. The summed E-state index contributed by atoms with van der Waals surface area (Å²) in [6, 6.07) is 9.83. The van der Waals surface area contributed by atoms with Gasteiger partial charge in [0, 0.05) is 24.6 Å². The van der Waals surface area contributed by atoms with E-state index >= 15 is 0 Å². The van der Waals surface area contributed by atoms with Gasteiger partial charge in [-0.15, -0.1) is 0 Å². The Labute approximate surface area is 115 Å². The third-order valence-electron chi connectivity index (χ3n) is 4.16. The topological polar surface area (TPSA) is 30.5 Å². The Balaban J connectivity index is 1.61. The Morgan fingerprint density at radius 2 is 2.00 bits per heavy atom. The van der Waals surface area contributed by atoms with Crippen LogP contribution >= 0.6 is 0 Å². The second kappa shape index (κ2) is 5.93. The fraction of sp³-hybridized carbons (Fsp3) is 0.625. The molecule has 1 heterocycles. The zero-order chi connectivity index (χ0) is 13.1. The minimum absolute atomic E-state index is 0.600. The molecule has 0 spiro atoms. The lowest BCUT2D eigenvalue weighted by atomic mass is 9.89. The first-order valence-corrected chi connectivity index (χ1v) is 7.32. The highest BCUT2D eigenvalue weighted by Gasteiger charge is 2.31. The van der Waals surface area contributed by atoms with E-state index in [1.807, 2.05) is 12.1 Å². The summed E-state index contributed by atoms with van der Waals surface area (Å²) in [5.74, 6) is 1.53. The smallest absolute Gasteiger partial charge is 0.118 e. The van der Waals surface area contributed by atoms with Crippen molar-refractivity contribution in [1.82, 2.24) is 5.32 Å². The van der Waals surface area contributed by atoms with E-state index in [0.29, 0.717) is 12.0 Å². The summed E-state index contributed by atoms with van der Waals surface area (Å²) in [7, 11) is 1.71. The Morgan fingerprint density at radius 3 is 2.68 bits per heavy atom. The lowest BCUT2D eigenvalue weighted by Gasteiger charge is -2.32. The molecule has 0 unspecified atom stereocenters. The molecule has 2 fully saturated rings. The highest BCUT2D eigenvalue weighted by Crippen LogP contribution is 2.26. The molecule has 1 aliphatic carbocycles. The van der Waals surface area contributed by atoms with Gasteiger partial charge in [-0.2, -0.15) is 0 Å². The molecular formula is C16H23NO2. The minimum Gasteiger partial charge on any atom is -0.497 e. The van der Waals surface area contributed by atoms with Crippen LogP contribution in [0.1, 0.15) is 24.8 Å². The highest BCUT2D eigenvalue weighted by molar-refractivity contribution is 5.27. The standard InChI is InChI=1S/C16H23NO2/c1-18-15-6-2-12(3-7-15)10-13-11-19-9-8-16(13)17-14-4-5-14/h2-3,6-7,13-14,16-17H,4-5,8-11H2,1H3/t13-,16-/m0/s1. The first kappa shape index (κ1) is 12.9. The van der Waals surface area contributed by atoms with E-state index in [9.17, 15) is 0 Å². The summed E-state index contributed by atoms with van der Waals surface area (Å²) in [5.41, 5.74) is 1.37. The van der Waals surface area contributed by atoms with Crippen molar-refractivity contribution in [1.29, 1.82) is 0 Å². The molecule has 1 aromatic carbocycles. The first-order valence-electron chi connectivity index (χ1n) is 7.32. The molecule has 1 aromatic rings. The van der Waals surface area contributed by atoms with Crippen LogP contribution in [0, 0.1) is 5.92 Å². The van der Waals surface area contributed by atoms with Crippen molar-refractivity contribution >= 4 is 0 Å². The molecule has 0 amide bonds. The van der Waals surface area contributed by atoms with Crippen molar-refractivity contribution in [2.45, 2.75) is 37.8 Å². The van der Waals surface area contributed by atoms with Crippen LogP contribution in [0.15, 0.2) is 24.3 Å². The second-order valence-corrected chi connectivity index (χ2v) is 5.72. The number of methoxy groups -OCH3 is 1. The van der Waals surface area contributed by atoms with E-state index in [2.05, 4.69) is 17.4 Å². The molecule has 0 radical (unpaired) electrons. The van der Waals surface area contributed by atoms with E-state index in [0.717, 1.165) is 37.8 Å².